The summed E-state index contributed by atoms with van der Waals surface area (Å²) in [7, 11) is 0. The van der Waals surface area contributed by atoms with E-state index in [0.29, 0.717) is 24.8 Å². The molecule has 0 saturated heterocycles. The summed E-state index contributed by atoms with van der Waals surface area (Å²) < 4.78 is 4.99. The lowest BCUT2D eigenvalue weighted by Crippen LogP contribution is -2.36. The van der Waals surface area contributed by atoms with E-state index in [9.17, 15) is 20.1 Å². The van der Waals surface area contributed by atoms with Gasteiger partial charge in [-0.25, -0.2) is 4.79 Å². The van der Waals surface area contributed by atoms with Crippen molar-refractivity contribution in [1.82, 2.24) is 0 Å². The third-order valence-electron chi connectivity index (χ3n) is 3.50. The van der Waals surface area contributed by atoms with E-state index in [1.54, 1.807) is 0 Å². The molecular weight excluding hydrogens is 224 g/mol. The van der Waals surface area contributed by atoms with Crippen LogP contribution in [0, 0.1) is 0 Å². The van der Waals surface area contributed by atoms with Crippen LogP contribution in [0.4, 0.5) is 0 Å². The van der Waals surface area contributed by atoms with Crippen molar-refractivity contribution in [3.05, 3.63) is 11.1 Å². The SMILES string of the molecule is CCCCC1(O)OC(=O)C2=C1CC[C@H](O)[C@H]2O. The molecule has 0 aromatic rings. The minimum atomic E-state index is -1.57. The third kappa shape index (κ3) is 1.99. The molecule has 5 heteroatoms. The molecule has 3 atom stereocenters. The zero-order valence-electron chi connectivity index (χ0n) is 9.85. The number of aliphatic hydroxyl groups excluding tert-OH is 2. The van der Waals surface area contributed by atoms with Gasteiger partial charge in [0.1, 0.15) is 6.10 Å². The molecule has 1 heterocycles. The highest BCUT2D eigenvalue weighted by molar-refractivity contribution is 5.94. The van der Waals surface area contributed by atoms with Gasteiger partial charge in [0, 0.05) is 12.0 Å². The molecule has 0 aromatic carbocycles. The van der Waals surface area contributed by atoms with E-state index in [1.165, 1.54) is 0 Å². The summed E-state index contributed by atoms with van der Waals surface area (Å²) in [6.07, 6.45) is 0.505. The zero-order chi connectivity index (χ0) is 12.6. The molecule has 17 heavy (non-hydrogen) atoms. The minimum absolute atomic E-state index is 0.0577. The van der Waals surface area contributed by atoms with Crippen molar-refractivity contribution in [3.8, 4) is 0 Å². The maximum Gasteiger partial charge on any atom is 0.339 e. The Morgan fingerprint density at radius 2 is 2.18 bits per heavy atom. The summed E-state index contributed by atoms with van der Waals surface area (Å²) in [5, 5.41) is 29.6. The summed E-state index contributed by atoms with van der Waals surface area (Å²) in [4.78, 5) is 11.6. The highest BCUT2D eigenvalue weighted by Crippen LogP contribution is 2.42. The molecule has 0 spiro atoms. The molecule has 1 unspecified atom stereocenters. The molecule has 0 saturated carbocycles. The Bertz CT molecular complexity index is 362. The molecule has 1 aliphatic heterocycles. The van der Waals surface area contributed by atoms with Gasteiger partial charge >= 0.3 is 5.97 Å². The standard InChI is InChI=1S/C12H18O5/c1-2-3-6-12(16)7-4-5-8(13)10(14)9(7)11(15)17-12/h8,10,13-14,16H,2-6H2,1H3/t8-,10+,12?/m0/s1. The Kier molecular flexibility index (Phi) is 3.25. The predicted molar refractivity (Wildman–Crippen MR) is 58.8 cm³/mol. The molecule has 96 valence electrons. The highest BCUT2D eigenvalue weighted by atomic mass is 16.7. The second-order valence-corrected chi connectivity index (χ2v) is 4.72. The van der Waals surface area contributed by atoms with Gasteiger partial charge in [0.15, 0.2) is 0 Å². The van der Waals surface area contributed by atoms with Crippen LogP contribution in [0.2, 0.25) is 0 Å². The number of esters is 1. The second-order valence-electron chi connectivity index (χ2n) is 4.72. The van der Waals surface area contributed by atoms with Crippen LogP contribution in [-0.4, -0.2) is 39.3 Å². The summed E-state index contributed by atoms with van der Waals surface area (Å²) in [5.41, 5.74) is 0.510. The Morgan fingerprint density at radius 3 is 2.82 bits per heavy atom. The van der Waals surface area contributed by atoms with Gasteiger partial charge in [-0.1, -0.05) is 13.3 Å². The van der Waals surface area contributed by atoms with E-state index in [1.807, 2.05) is 6.92 Å². The topological polar surface area (TPSA) is 87.0 Å². The molecule has 2 rings (SSSR count). The first kappa shape index (κ1) is 12.5. The first-order chi connectivity index (χ1) is 7.99. The van der Waals surface area contributed by atoms with Crippen molar-refractivity contribution >= 4 is 5.97 Å². The van der Waals surface area contributed by atoms with Crippen LogP contribution in [0.1, 0.15) is 39.0 Å². The lowest BCUT2D eigenvalue weighted by molar-refractivity contribution is -0.184. The number of unbranched alkanes of at least 4 members (excludes halogenated alkanes) is 1. The van der Waals surface area contributed by atoms with E-state index >= 15 is 0 Å². The van der Waals surface area contributed by atoms with Crippen LogP contribution in [0.3, 0.4) is 0 Å². The molecule has 0 amide bonds. The third-order valence-corrected chi connectivity index (χ3v) is 3.50. The Morgan fingerprint density at radius 1 is 1.47 bits per heavy atom. The molecule has 3 N–H and O–H groups in total. The van der Waals surface area contributed by atoms with Crippen LogP contribution in [-0.2, 0) is 9.53 Å². The molecule has 0 fully saturated rings. The Labute approximate surface area is 99.7 Å². The van der Waals surface area contributed by atoms with Crippen LogP contribution < -0.4 is 0 Å². The van der Waals surface area contributed by atoms with Crippen molar-refractivity contribution in [2.75, 3.05) is 0 Å². The second kappa shape index (κ2) is 4.40. The van der Waals surface area contributed by atoms with E-state index in [4.69, 9.17) is 4.74 Å². The zero-order valence-corrected chi connectivity index (χ0v) is 9.85. The van der Waals surface area contributed by atoms with Gasteiger partial charge < -0.3 is 20.1 Å². The maximum atomic E-state index is 11.6. The van der Waals surface area contributed by atoms with E-state index < -0.39 is 24.0 Å². The van der Waals surface area contributed by atoms with Crippen molar-refractivity contribution in [1.29, 1.82) is 0 Å². The molecule has 2 aliphatic rings. The molecular formula is C12H18O5. The van der Waals surface area contributed by atoms with Crippen molar-refractivity contribution < 1.29 is 24.9 Å². The van der Waals surface area contributed by atoms with E-state index in [2.05, 4.69) is 0 Å². The molecule has 0 aromatic heterocycles. The molecule has 1 aliphatic carbocycles. The fraction of sp³-hybridized carbons (Fsp3) is 0.750. The van der Waals surface area contributed by atoms with Gasteiger partial charge in [-0.05, 0) is 19.3 Å². The first-order valence-corrected chi connectivity index (χ1v) is 6.05. The normalized spacial score (nSPS) is 37.1. The molecule has 5 nitrogen and oxygen atoms in total. The quantitative estimate of drug-likeness (QED) is 0.617. The van der Waals surface area contributed by atoms with E-state index in [0.717, 1.165) is 12.8 Å². The molecule has 0 radical (unpaired) electrons. The van der Waals surface area contributed by atoms with Gasteiger partial charge in [-0.15, -0.1) is 0 Å². The van der Waals surface area contributed by atoms with Crippen LogP contribution in [0.25, 0.3) is 0 Å². The van der Waals surface area contributed by atoms with Crippen molar-refractivity contribution in [2.24, 2.45) is 0 Å². The average molecular weight is 242 g/mol. The smallest absolute Gasteiger partial charge is 0.339 e. The first-order valence-electron chi connectivity index (χ1n) is 6.05. The van der Waals surface area contributed by atoms with Crippen molar-refractivity contribution in [2.45, 2.75) is 57.0 Å². The van der Waals surface area contributed by atoms with Gasteiger partial charge in [0.25, 0.3) is 0 Å². The van der Waals surface area contributed by atoms with E-state index in [-0.39, 0.29) is 5.57 Å². The monoisotopic (exact) mass is 242 g/mol. The number of ether oxygens (including phenoxy) is 1. The van der Waals surface area contributed by atoms with Crippen LogP contribution in [0.5, 0.6) is 0 Å². The molecule has 0 bridgehead atoms. The lowest BCUT2D eigenvalue weighted by atomic mass is 9.84. The van der Waals surface area contributed by atoms with Crippen LogP contribution >= 0.6 is 0 Å². The highest BCUT2D eigenvalue weighted by Gasteiger charge is 2.50. The predicted octanol–water partition coefficient (Wildman–Crippen LogP) is 0.234. The number of aliphatic hydroxyl groups is 3. The fourth-order valence-electron chi connectivity index (χ4n) is 2.49. The van der Waals surface area contributed by atoms with Gasteiger partial charge in [0.2, 0.25) is 5.79 Å². The minimum Gasteiger partial charge on any atom is -0.426 e. The fourth-order valence-corrected chi connectivity index (χ4v) is 2.49. The Hall–Kier alpha value is -0.910. The summed E-state index contributed by atoms with van der Waals surface area (Å²) >= 11 is 0. The number of hydrogen-bond donors (Lipinski definition) is 3. The number of hydrogen-bond acceptors (Lipinski definition) is 5. The Balaban J connectivity index is 2.30. The van der Waals surface area contributed by atoms with Crippen molar-refractivity contribution in [3.63, 3.8) is 0 Å². The number of cyclic esters (lactones) is 1. The largest absolute Gasteiger partial charge is 0.426 e. The van der Waals surface area contributed by atoms with Gasteiger partial charge in [-0.2, -0.15) is 0 Å². The lowest BCUT2D eigenvalue weighted by Gasteiger charge is -2.28. The summed E-state index contributed by atoms with van der Waals surface area (Å²) in [6.45, 7) is 1.98. The summed E-state index contributed by atoms with van der Waals surface area (Å²) in [6, 6.07) is 0. The van der Waals surface area contributed by atoms with Gasteiger partial charge in [0.05, 0.1) is 11.7 Å². The van der Waals surface area contributed by atoms with Crippen LogP contribution in [0.15, 0.2) is 11.1 Å². The summed E-state index contributed by atoms with van der Waals surface area (Å²) in [5.74, 6) is -2.27. The maximum absolute atomic E-state index is 11.6. The number of rotatable bonds is 3. The number of carbonyl (C=O) groups excluding carboxylic acids is 1. The number of carbonyl (C=O) groups is 1. The van der Waals surface area contributed by atoms with Gasteiger partial charge in [-0.3, -0.25) is 0 Å². The average Bonchev–Trinajstić information content (AvgIpc) is 2.54.